The van der Waals surface area contributed by atoms with Crippen LogP contribution in [0.3, 0.4) is 0 Å². The SMILES string of the molecule is CN(C)C1CCN(c2ccc(C(=O)N3CCC(F)(F)/C(=C\C(=O)NCc4ccccn4)c4ccccc43)c(Cl)c2)C1. The van der Waals surface area contributed by atoms with Gasteiger partial charge in [-0.2, -0.15) is 0 Å². The predicted molar refractivity (Wildman–Crippen MR) is 158 cm³/mol. The first-order valence-electron chi connectivity index (χ1n) is 13.5. The van der Waals surface area contributed by atoms with Gasteiger partial charge in [-0.05, 0) is 56.9 Å². The third-order valence-corrected chi connectivity index (χ3v) is 7.97. The molecular weight excluding hydrogens is 548 g/mol. The molecule has 1 atom stereocenters. The molecule has 2 aliphatic rings. The summed E-state index contributed by atoms with van der Waals surface area (Å²) < 4.78 is 31.1. The molecular formula is C31H32ClF2N5O2. The molecule has 0 saturated carbocycles. The van der Waals surface area contributed by atoms with E-state index in [0.29, 0.717) is 17.4 Å². The molecule has 2 aromatic carbocycles. The fraction of sp³-hybridized carbons (Fsp3) is 0.323. The first-order valence-corrected chi connectivity index (χ1v) is 13.9. The van der Waals surface area contributed by atoms with Crippen LogP contribution in [0, 0.1) is 0 Å². The van der Waals surface area contributed by atoms with E-state index in [9.17, 15) is 9.59 Å². The Bertz CT molecular complexity index is 1460. The molecule has 1 aromatic heterocycles. The smallest absolute Gasteiger partial charge is 0.275 e. The van der Waals surface area contributed by atoms with Gasteiger partial charge in [0.25, 0.3) is 11.8 Å². The lowest BCUT2D eigenvalue weighted by Gasteiger charge is -2.25. The number of rotatable bonds is 6. The van der Waals surface area contributed by atoms with Crippen LogP contribution in [0.5, 0.6) is 0 Å². The highest BCUT2D eigenvalue weighted by atomic mass is 35.5. The fourth-order valence-electron chi connectivity index (χ4n) is 5.32. The number of halogens is 3. The molecule has 2 aliphatic heterocycles. The lowest BCUT2D eigenvalue weighted by atomic mass is 9.97. The molecule has 10 heteroatoms. The second kappa shape index (κ2) is 12.0. The number of aromatic nitrogens is 1. The monoisotopic (exact) mass is 579 g/mol. The van der Waals surface area contributed by atoms with Crippen LogP contribution in [0.1, 0.15) is 34.5 Å². The Balaban J connectivity index is 1.41. The quantitative estimate of drug-likeness (QED) is 0.404. The van der Waals surface area contributed by atoms with Gasteiger partial charge >= 0.3 is 0 Å². The Kier molecular flexibility index (Phi) is 8.37. The average Bonchev–Trinajstić information content (AvgIpc) is 3.43. The van der Waals surface area contributed by atoms with E-state index in [4.69, 9.17) is 11.6 Å². The second-order valence-electron chi connectivity index (χ2n) is 10.5. The van der Waals surface area contributed by atoms with Gasteiger partial charge in [-0.15, -0.1) is 0 Å². The Morgan fingerprint density at radius 2 is 1.90 bits per heavy atom. The molecule has 0 spiro atoms. The number of nitrogens with one attached hydrogen (secondary N) is 1. The van der Waals surface area contributed by atoms with Crippen LogP contribution in [0.2, 0.25) is 5.02 Å². The third kappa shape index (κ3) is 6.26. The van der Waals surface area contributed by atoms with Crippen LogP contribution < -0.4 is 15.1 Å². The minimum atomic E-state index is -3.35. The number of nitrogens with zero attached hydrogens (tertiary/aromatic N) is 4. The molecule has 0 aliphatic carbocycles. The topological polar surface area (TPSA) is 68.8 Å². The molecule has 1 saturated heterocycles. The summed E-state index contributed by atoms with van der Waals surface area (Å²) in [6.07, 6.45) is 2.89. The van der Waals surface area contributed by atoms with Gasteiger partial charge in [0.05, 0.1) is 28.5 Å². The molecule has 41 heavy (non-hydrogen) atoms. The summed E-state index contributed by atoms with van der Waals surface area (Å²) in [5.41, 5.74) is 1.74. The summed E-state index contributed by atoms with van der Waals surface area (Å²) in [7, 11) is 4.11. The van der Waals surface area contributed by atoms with Crippen molar-refractivity contribution >= 4 is 40.4 Å². The van der Waals surface area contributed by atoms with Crippen LogP contribution in [0.4, 0.5) is 20.2 Å². The van der Waals surface area contributed by atoms with E-state index >= 15 is 8.78 Å². The van der Waals surface area contributed by atoms with Gasteiger partial charge in [-0.3, -0.25) is 14.6 Å². The van der Waals surface area contributed by atoms with E-state index in [0.717, 1.165) is 31.3 Å². The molecule has 0 radical (unpaired) electrons. The zero-order valence-corrected chi connectivity index (χ0v) is 23.7. The Morgan fingerprint density at radius 3 is 2.61 bits per heavy atom. The number of hydrogen-bond donors (Lipinski definition) is 1. The van der Waals surface area contributed by atoms with Gasteiger partial charge in [0.1, 0.15) is 0 Å². The summed E-state index contributed by atoms with van der Waals surface area (Å²) in [5.74, 6) is -4.49. The van der Waals surface area contributed by atoms with Gasteiger partial charge in [0.15, 0.2) is 0 Å². The van der Waals surface area contributed by atoms with Crippen LogP contribution in [-0.2, 0) is 11.3 Å². The first-order chi connectivity index (χ1) is 19.6. The van der Waals surface area contributed by atoms with Gasteiger partial charge < -0.3 is 20.0 Å². The molecule has 5 rings (SSSR count). The van der Waals surface area contributed by atoms with Crippen molar-refractivity contribution < 1.29 is 18.4 Å². The number of allylic oxidation sites excluding steroid dienone is 1. The maximum atomic E-state index is 15.5. The Morgan fingerprint density at radius 1 is 1.12 bits per heavy atom. The molecule has 1 fully saturated rings. The predicted octanol–water partition coefficient (Wildman–Crippen LogP) is 5.26. The zero-order chi connectivity index (χ0) is 29.1. The lowest BCUT2D eigenvalue weighted by molar-refractivity contribution is -0.116. The van der Waals surface area contributed by atoms with E-state index in [1.54, 1.807) is 54.7 Å². The number of para-hydroxylation sites is 1. The van der Waals surface area contributed by atoms with Crippen LogP contribution in [0.25, 0.3) is 5.57 Å². The van der Waals surface area contributed by atoms with Crippen molar-refractivity contribution in [2.24, 2.45) is 0 Å². The van der Waals surface area contributed by atoms with E-state index in [1.807, 2.05) is 6.07 Å². The minimum absolute atomic E-state index is 0.100. The maximum Gasteiger partial charge on any atom is 0.275 e. The number of carbonyl (C=O) groups is 2. The molecule has 3 aromatic rings. The van der Waals surface area contributed by atoms with Gasteiger partial charge in [0, 0.05) is 61.2 Å². The lowest BCUT2D eigenvalue weighted by Crippen LogP contribution is -2.33. The number of hydrogen-bond acceptors (Lipinski definition) is 5. The third-order valence-electron chi connectivity index (χ3n) is 7.66. The van der Waals surface area contributed by atoms with E-state index in [1.165, 1.54) is 11.0 Å². The van der Waals surface area contributed by atoms with Crippen LogP contribution >= 0.6 is 11.6 Å². The number of likely N-dealkylation sites (N-methyl/N-ethyl adjacent to an activating group) is 1. The van der Waals surface area contributed by atoms with Gasteiger partial charge in [-0.1, -0.05) is 35.9 Å². The zero-order valence-electron chi connectivity index (χ0n) is 23.0. The highest BCUT2D eigenvalue weighted by Gasteiger charge is 2.41. The largest absolute Gasteiger partial charge is 0.370 e. The van der Waals surface area contributed by atoms with E-state index < -0.39 is 29.7 Å². The Hall–Kier alpha value is -3.82. The van der Waals surface area contributed by atoms with Crippen molar-refractivity contribution in [3.8, 4) is 0 Å². The summed E-state index contributed by atoms with van der Waals surface area (Å²) in [6.45, 7) is 1.59. The van der Waals surface area contributed by atoms with E-state index in [2.05, 4.69) is 34.2 Å². The van der Waals surface area contributed by atoms with Gasteiger partial charge in [-0.25, -0.2) is 8.78 Å². The molecule has 1 N–H and O–H groups in total. The average molecular weight is 580 g/mol. The standard InChI is InChI=1S/C31H32ClF2N5O2/c1-37(2)23-12-15-38(20-23)22-10-11-25(27(32)17-22)30(41)39-16-13-31(33,34)26(24-8-3-4-9-28(24)39)18-29(40)36-19-21-7-5-6-14-35-21/h3-11,14,17-18,23H,12-13,15-16,19-20H2,1-2H3,(H,36,40)/b26-18-. The maximum absolute atomic E-state index is 15.5. The van der Waals surface area contributed by atoms with Crippen LogP contribution in [0.15, 0.2) is 72.9 Å². The molecule has 3 heterocycles. The van der Waals surface area contributed by atoms with Crippen LogP contribution in [-0.4, -0.2) is 67.4 Å². The number of pyridine rings is 1. The highest BCUT2D eigenvalue weighted by Crippen LogP contribution is 2.43. The molecule has 214 valence electrons. The first kappa shape index (κ1) is 28.7. The summed E-state index contributed by atoms with van der Waals surface area (Å²) >= 11 is 6.63. The van der Waals surface area contributed by atoms with Crippen molar-refractivity contribution in [2.45, 2.75) is 31.4 Å². The number of anilines is 2. The molecule has 1 unspecified atom stereocenters. The van der Waals surface area contributed by atoms with Crippen molar-refractivity contribution in [1.82, 2.24) is 15.2 Å². The number of amides is 2. The Labute approximate surface area is 243 Å². The second-order valence-corrected chi connectivity index (χ2v) is 10.9. The molecule has 0 bridgehead atoms. The van der Waals surface area contributed by atoms with Gasteiger partial charge in [0.2, 0.25) is 5.91 Å². The fourth-order valence-corrected chi connectivity index (χ4v) is 5.57. The summed E-state index contributed by atoms with van der Waals surface area (Å²) in [6, 6.07) is 17.4. The summed E-state index contributed by atoms with van der Waals surface area (Å²) in [4.78, 5) is 36.4. The number of fused-ring (bicyclic) bond motifs is 1. The molecule has 2 amide bonds. The van der Waals surface area contributed by atoms with Crippen molar-refractivity contribution in [2.75, 3.05) is 43.5 Å². The summed E-state index contributed by atoms with van der Waals surface area (Å²) in [5, 5.41) is 2.89. The number of carbonyl (C=O) groups excluding carboxylic acids is 2. The number of alkyl halides is 2. The van der Waals surface area contributed by atoms with Crippen molar-refractivity contribution in [3.05, 3.63) is 94.8 Å². The van der Waals surface area contributed by atoms with E-state index in [-0.39, 0.29) is 29.2 Å². The number of benzene rings is 2. The van der Waals surface area contributed by atoms with Crippen molar-refractivity contribution in [3.63, 3.8) is 0 Å². The minimum Gasteiger partial charge on any atom is -0.370 e. The molecule has 7 nitrogen and oxygen atoms in total. The normalized spacial score (nSPS) is 19.3. The van der Waals surface area contributed by atoms with Crippen molar-refractivity contribution in [1.29, 1.82) is 0 Å². The highest BCUT2D eigenvalue weighted by molar-refractivity contribution is 6.35.